The summed E-state index contributed by atoms with van der Waals surface area (Å²) in [5.41, 5.74) is -0.479. The zero-order valence-electron chi connectivity index (χ0n) is 10.7. The first-order valence-electron chi connectivity index (χ1n) is 5.93. The molecule has 1 heterocycles. The number of hydrogen-bond acceptors (Lipinski definition) is 3. The summed E-state index contributed by atoms with van der Waals surface area (Å²) >= 11 is 0. The van der Waals surface area contributed by atoms with Gasteiger partial charge in [0.15, 0.2) is 0 Å². The normalized spacial score (nSPS) is 21.0. The fraction of sp³-hybridized carbons (Fsp3) is 0.833. The topological polar surface area (TPSA) is 66.8 Å². The molecule has 1 saturated heterocycles. The summed E-state index contributed by atoms with van der Waals surface area (Å²) in [6.07, 6.45) is 1.65. The first-order valence-corrected chi connectivity index (χ1v) is 5.93. The minimum Gasteiger partial charge on any atom is -0.480 e. The Bertz CT molecular complexity index is 289. The zero-order valence-corrected chi connectivity index (χ0v) is 10.7. The fourth-order valence-electron chi connectivity index (χ4n) is 1.94. The van der Waals surface area contributed by atoms with E-state index in [0.717, 1.165) is 12.8 Å². The van der Waals surface area contributed by atoms with Gasteiger partial charge in [-0.25, -0.2) is 0 Å². The first-order chi connectivity index (χ1) is 7.82. The van der Waals surface area contributed by atoms with Crippen molar-refractivity contribution < 1.29 is 19.4 Å². The lowest BCUT2D eigenvalue weighted by atomic mass is 9.97. The maximum Gasteiger partial charge on any atom is 0.323 e. The molecule has 0 saturated carbocycles. The van der Waals surface area contributed by atoms with E-state index in [1.807, 2.05) is 20.8 Å². The van der Waals surface area contributed by atoms with Crippen LogP contribution in [0.25, 0.3) is 0 Å². The Morgan fingerprint density at radius 2 is 2.06 bits per heavy atom. The van der Waals surface area contributed by atoms with Gasteiger partial charge in [0, 0.05) is 12.1 Å². The molecule has 5 heteroatoms. The van der Waals surface area contributed by atoms with Gasteiger partial charge in [-0.3, -0.25) is 9.59 Å². The molecule has 0 radical (unpaired) electrons. The molecule has 5 nitrogen and oxygen atoms in total. The lowest BCUT2D eigenvalue weighted by Gasteiger charge is -2.37. The van der Waals surface area contributed by atoms with Crippen molar-refractivity contribution in [2.45, 2.75) is 39.2 Å². The van der Waals surface area contributed by atoms with Gasteiger partial charge in [-0.15, -0.1) is 0 Å². The van der Waals surface area contributed by atoms with Crippen molar-refractivity contribution in [2.24, 2.45) is 5.92 Å². The minimum absolute atomic E-state index is 0.111. The quantitative estimate of drug-likeness (QED) is 0.806. The highest BCUT2D eigenvalue weighted by Gasteiger charge is 2.33. The number of carboxylic acid groups (broad SMARTS) is 1. The lowest BCUT2D eigenvalue weighted by Crippen LogP contribution is -2.51. The molecular weight excluding hydrogens is 222 g/mol. The second kappa shape index (κ2) is 5.49. The monoisotopic (exact) mass is 243 g/mol. The van der Waals surface area contributed by atoms with Gasteiger partial charge in [0.25, 0.3) is 0 Å². The molecule has 1 rings (SSSR count). The molecule has 1 atom stereocenters. The molecule has 1 fully saturated rings. The number of ether oxygens (including phenoxy) is 1. The van der Waals surface area contributed by atoms with E-state index in [0.29, 0.717) is 13.2 Å². The van der Waals surface area contributed by atoms with E-state index in [4.69, 9.17) is 9.84 Å². The molecule has 0 spiro atoms. The maximum atomic E-state index is 12.3. The van der Waals surface area contributed by atoms with Crippen molar-refractivity contribution in [3.05, 3.63) is 0 Å². The van der Waals surface area contributed by atoms with Crippen LogP contribution >= 0.6 is 0 Å². The molecule has 1 amide bonds. The Hall–Kier alpha value is -1.10. The summed E-state index contributed by atoms with van der Waals surface area (Å²) in [6, 6.07) is 0. The van der Waals surface area contributed by atoms with Crippen LogP contribution in [0.15, 0.2) is 0 Å². The van der Waals surface area contributed by atoms with Crippen LogP contribution in [-0.4, -0.2) is 47.2 Å². The van der Waals surface area contributed by atoms with Crippen molar-refractivity contribution in [3.8, 4) is 0 Å². The van der Waals surface area contributed by atoms with Gasteiger partial charge in [-0.1, -0.05) is 0 Å². The number of aliphatic carboxylic acids is 1. The standard InChI is InChI=1S/C12H21NO4/c1-12(2,3)13(7-10(14)15)11(16)9-5-4-6-17-8-9/h9H,4-8H2,1-3H3,(H,14,15). The minimum atomic E-state index is -0.981. The van der Waals surface area contributed by atoms with Gasteiger partial charge >= 0.3 is 5.97 Å². The molecule has 0 aromatic carbocycles. The molecule has 0 bridgehead atoms. The highest BCUT2D eigenvalue weighted by atomic mass is 16.5. The Balaban J connectivity index is 2.74. The van der Waals surface area contributed by atoms with E-state index in [1.54, 1.807) is 0 Å². The summed E-state index contributed by atoms with van der Waals surface area (Å²) < 4.78 is 5.28. The third-order valence-electron chi connectivity index (χ3n) is 2.88. The zero-order chi connectivity index (χ0) is 13.1. The van der Waals surface area contributed by atoms with E-state index in [-0.39, 0.29) is 18.4 Å². The van der Waals surface area contributed by atoms with E-state index in [1.165, 1.54) is 4.90 Å². The Kier molecular flexibility index (Phi) is 4.51. The van der Waals surface area contributed by atoms with Gasteiger partial charge in [0.1, 0.15) is 6.54 Å². The number of hydrogen-bond donors (Lipinski definition) is 1. The third-order valence-corrected chi connectivity index (χ3v) is 2.88. The van der Waals surface area contributed by atoms with Crippen molar-refractivity contribution >= 4 is 11.9 Å². The SMILES string of the molecule is CC(C)(C)N(CC(=O)O)C(=O)C1CCCOC1. The van der Waals surface area contributed by atoms with Crippen molar-refractivity contribution in [1.29, 1.82) is 0 Å². The molecule has 0 aliphatic carbocycles. The predicted octanol–water partition coefficient (Wildman–Crippen LogP) is 1.12. The van der Waals surface area contributed by atoms with Gasteiger partial charge < -0.3 is 14.7 Å². The van der Waals surface area contributed by atoms with Gasteiger partial charge in [-0.2, -0.15) is 0 Å². The average Bonchev–Trinajstić information content (AvgIpc) is 2.24. The maximum absolute atomic E-state index is 12.3. The number of nitrogens with zero attached hydrogens (tertiary/aromatic N) is 1. The highest BCUT2D eigenvalue weighted by Crippen LogP contribution is 2.21. The van der Waals surface area contributed by atoms with Gasteiger partial charge in [0.2, 0.25) is 5.91 Å². The lowest BCUT2D eigenvalue weighted by molar-refractivity contribution is -0.153. The third kappa shape index (κ3) is 4.00. The highest BCUT2D eigenvalue weighted by molar-refractivity contribution is 5.84. The molecular formula is C12H21NO4. The molecule has 98 valence electrons. The molecule has 0 aromatic rings. The fourth-order valence-corrected chi connectivity index (χ4v) is 1.94. The van der Waals surface area contributed by atoms with Crippen LogP contribution in [0, 0.1) is 5.92 Å². The largest absolute Gasteiger partial charge is 0.480 e. The summed E-state index contributed by atoms with van der Waals surface area (Å²) in [5, 5.41) is 8.87. The van der Waals surface area contributed by atoms with E-state index in [2.05, 4.69) is 0 Å². The molecule has 1 aliphatic rings. The second-order valence-corrected chi connectivity index (χ2v) is 5.40. The average molecular weight is 243 g/mol. The molecule has 17 heavy (non-hydrogen) atoms. The Labute approximate surface area is 102 Å². The van der Waals surface area contributed by atoms with Crippen LogP contribution in [-0.2, 0) is 14.3 Å². The summed E-state index contributed by atoms with van der Waals surface area (Å²) in [7, 11) is 0. The molecule has 0 aromatic heterocycles. The van der Waals surface area contributed by atoms with E-state index < -0.39 is 11.5 Å². The molecule has 1 unspecified atom stereocenters. The van der Waals surface area contributed by atoms with Gasteiger partial charge in [0.05, 0.1) is 12.5 Å². The number of carbonyl (C=O) groups excluding carboxylic acids is 1. The van der Waals surface area contributed by atoms with Crippen LogP contribution < -0.4 is 0 Å². The van der Waals surface area contributed by atoms with Crippen LogP contribution in [0.1, 0.15) is 33.6 Å². The smallest absolute Gasteiger partial charge is 0.323 e. The van der Waals surface area contributed by atoms with Crippen molar-refractivity contribution in [1.82, 2.24) is 4.90 Å². The summed E-state index contributed by atoms with van der Waals surface area (Å²) in [6.45, 7) is 6.38. The number of rotatable bonds is 3. The summed E-state index contributed by atoms with van der Waals surface area (Å²) in [4.78, 5) is 24.5. The number of carboxylic acids is 1. The summed E-state index contributed by atoms with van der Waals surface area (Å²) in [5.74, 6) is -1.29. The molecule has 1 N–H and O–H groups in total. The first kappa shape index (κ1) is 14.0. The van der Waals surface area contributed by atoms with Crippen LogP contribution in [0.2, 0.25) is 0 Å². The van der Waals surface area contributed by atoms with Crippen LogP contribution in [0.3, 0.4) is 0 Å². The number of carbonyl (C=O) groups is 2. The van der Waals surface area contributed by atoms with Crippen molar-refractivity contribution in [2.75, 3.05) is 19.8 Å². The van der Waals surface area contributed by atoms with E-state index in [9.17, 15) is 9.59 Å². The number of amides is 1. The Morgan fingerprint density at radius 1 is 1.41 bits per heavy atom. The van der Waals surface area contributed by atoms with E-state index >= 15 is 0 Å². The Morgan fingerprint density at radius 3 is 2.47 bits per heavy atom. The van der Waals surface area contributed by atoms with Gasteiger partial charge in [-0.05, 0) is 33.6 Å². The van der Waals surface area contributed by atoms with Crippen LogP contribution in [0.5, 0.6) is 0 Å². The second-order valence-electron chi connectivity index (χ2n) is 5.40. The van der Waals surface area contributed by atoms with Crippen molar-refractivity contribution in [3.63, 3.8) is 0 Å². The predicted molar refractivity (Wildman–Crippen MR) is 62.6 cm³/mol. The molecule has 1 aliphatic heterocycles. The van der Waals surface area contributed by atoms with Crippen LogP contribution in [0.4, 0.5) is 0 Å².